The van der Waals surface area contributed by atoms with Crippen LogP contribution in [-0.2, 0) is 0 Å². The van der Waals surface area contributed by atoms with Crippen molar-refractivity contribution in [2.24, 2.45) is 5.92 Å². The minimum atomic E-state index is -0.0573. The molecule has 0 radical (unpaired) electrons. The zero-order valence-electron chi connectivity index (χ0n) is 9.55. The van der Waals surface area contributed by atoms with Crippen molar-refractivity contribution in [3.63, 3.8) is 0 Å². The lowest BCUT2D eigenvalue weighted by atomic mass is 9.89. The van der Waals surface area contributed by atoms with Crippen molar-refractivity contribution in [1.82, 2.24) is 0 Å². The molecule has 1 N–H and O–H groups in total. The van der Waals surface area contributed by atoms with Gasteiger partial charge in [-0.3, -0.25) is 0 Å². The average Bonchev–Trinajstić information content (AvgIpc) is 2.17. The number of unbranched alkanes of at least 4 members (excludes halogenated alkanes) is 2. The third-order valence-corrected chi connectivity index (χ3v) is 2.82. The van der Waals surface area contributed by atoms with Gasteiger partial charge in [0, 0.05) is 0 Å². The van der Waals surface area contributed by atoms with E-state index in [1.165, 1.54) is 38.5 Å². The lowest BCUT2D eigenvalue weighted by molar-refractivity contribution is 0.0908. The van der Waals surface area contributed by atoms with Crippen LogP contribution in [0.15, 0.2) is 0 Å². The largest absolute Gasteiger partial charge is 0.393 e. The van der Waals surface area contributed by atoms with Gasteiger partial charge in [0.1, 0.15) is 0 Å². The first-order chi connectivity index (χ1) is 6.26. The Kier molecular flexibility index (Phi) is 8.53. The third-order valence-electron chi connectivity index (χ3n) is 2.82. The minimum Gasteiger partial charge on any atom is -0.393 e. The lowest BCUT2D eigenvalue weighted by Gasteiger charge is -2.21. The molecule has 1 unspecified atom stereocenters. The molecule has 0 aliphatic heterocycles. The van der Waals surface area contributed by atoms with E-state index in [9.17, 15) is 5.11 Å². The van der Waals surface area contributed by atoms with Crippen LogP contribution in [0.2, 0.25) is 0 Å². The smallest absolute Gasteiger partial charge is 0.0565 e. The van der Waals surface area contributed by atoms with E-state index in [4.69, 9.17) is 0 Å². The molecule has 0 bridgehead atoms. The molecule has 1 atom stereocenters. The maximum absolute atomic E-state index is 9.77. The van der Waals surface area contributed by atoms with Crippen molar-refractivity contribution < 1.29 is 5.11 Å². The van der Waals surface area contributed by atoms with Crippen LogP contribution in [0.25, 0.3) is 0 Å². The minimum absolute atomic E-state index is 0.0573. The van der Waals surface area contributed by atoms with E-state index in [0.717, 1.165) is 6.42 Å². The van der Waals surface area contributed by atoms with E-state index in [0.29, 0.717) is 5.92 Å². The second-order valence-corrected chi connectivity index (χ2v) is 4.02. The Labute approximate surface area is 83.5 Å². The van der Waals surface area contributed by atoms with Crippen LogP contribution in [0.4, 0.5) is 0 Å². The molecular weight excluding hydrogens is 160 g/mol. The predicted octanol–water partition coefficient (Wildman–Crippen LogP) is 3.75. The number of rotatable bonds is 8. The second-order valence-electron chi connectivity index (χ2n) is 4.02. The van der Waals surface area contributed by atoms with Crippen molar-refractivity contribution in [3.8, 4) is 0 Å². The van der Waals surface area contributed by atoms with E-state index >= 15 is 0 Å². The summed E-state index contributed by atoms with van der Waals surface area (Å²) in [6, 6.07) is 0. The standard InChI is InChI=1S/C12H26O/c1-4-7-9-11(10-8-5-2)12(13)6-3/h11-13H,4-10H2,1-3H3. The molecule has 0 aliphatic carbocycles. The Hall–Kier alpha value is -0.0400. The van der Waals surface area contributed by atoms with Crippen molar-refractivity contribution >= 4 is 0 Å². The van der Waals surface area contributed by atoms with Gasteiger partial charge in [-0.15, -0.1) is 0 Å². The van der Waals surface area contributed by atoms with Crippen LogP contribution in [0, 0.1) is 5.92 Å². The summed E-state index contributed by atoms with van der Waals surface area (Å²) in [6.45, 7) is 6.51. The fraction of sp³-hybridized carbons (Fsp3) is 1.00. The van der Waals surface area contributed by atoms with Crippen LogP contribution in [0.3, 0.4) is 0 Å². The van der Waals surface area contributed by atoms with Gasteiger partial charge in [-0.2, -0.15) is 0 Å². The summed E-state index contributed by atoms with van der Waals surface area (Å²) in [6.07, 6.45) is 8.32. The fourth-order valence-electron chi connectivity index (χ4n) is 1.80. The van der Waals surface area contributed by atoms with Crippen LogP contribution in [0.1, 0.15) is 65.7 Å². The Balaban J connectivity index is 3.72. The normalized spacial score (nSPS) is 13.6. The zero-order chi connectivity index (χ0) is 10.1. The van der Waals surface area contributed by atoms with Gasteiger partial charge >= 0.3 is 0 Å². The first-order valence-corrected chi connectivity index (χ1v) is 5.94. The maximum Gasteiger partial charge on any atom is 0.0565 e. The Morgan fingerprint density at radius 2 is 1.38 bits per heavy atom. The molecule has 0 saturated carbocycles. The van der Waals surface area contributed by atoms with E-state index < -0.39 is 0 Å². The summed E-state index contributed by atoms with van der Waals surface area (Å²) in [5, 5.41) is 9.77. The Morgan fingerprint density at radius 1 is 0.923 bits per heavy atom. The van der Waals surface area contributed by atoms with Gasteiger partial charge in [-0.25, -0.2) is 0 Å². The summed E-state index contributed by atoms with van der Waals surface area (Å²) < 4.78 is 0. The van der Waals surface area contributed by atoms with E-state index in [1.54, 1.807) is 0 Å². The van der Waals surface area contributed by atoms with Crippen LogP contribution in [0.5, 0.6) is 0 Å². The maximum atomic E-state index is 9.77. The zero-order valence-corrected chi connectivity index (χ0v) is 9.55. The van der Waals surface area contributed by atoms with Crippen molar-refractivity contribution in [2.45, 2.75) is 71.8 Å². The van der Waals surface area contributed by atoms with E-state index in [1.807, 2.05) is 0 Å². The van der Waals surface area contributed by atoms with Crippen LogP contribution >= 0.6 is 0 Å². The topological polar surface area (TPSA) is 20.2 Å². The molecule has 0 fully saturated rings. The molecule has 0 heterocycles. The number of aliphatic hydroxyl groups excluding tert-OH is 1. The molecule has 1 nitrogen and oxygen atoms in total. The Bertz CT molecular complexity index is 93.3. The van der Waals surface area contributed by atoms with Crippen LogP contribution in [-0.4, -0.2) is 11.2 Å². The van der Waals surface area contributed by atoms with Gasteiger partial charge in [-0.1, -0.05) is 46.5 Å². The molecule has 0 rings (SSSR count). The van der Waals surface area contributed by atoms with Gasteiger partial charge < -0.3 is 5.11 Å². The Morgan fingerprint density at radius 3 is 1.69 bits per heavy atom. The van der Waals surface area contributed by atoms with E-state index in [-0.39, 0.29) is 6.10 Å². The SMILES string of the molecule is CCCCC(CCCC)C(O)CC. The van der Waals surface area contributed by atoms with Crippen molar-refractivity contribution in [3.05, 3.63) is 0 Å². The number of aliphatic hydroxyl groups is 1. The summed E-state index contributed by atoms with van der Waals surface area (Å²) in [7, 11) is 0. The van der Waals surface area contributed by atoms with Gasteiger partial charge in [0.05, 0.1) is 6.10 Å². The summed E-state index contributed by atoms with van der Waals surface area (Å²) in [5.41, 5.74) is 0. The summed E-state index contributed by atoms with van der Waals surface area (Å²) in [4.78, 5) is 0. The highest BCUT2D eigenvalue weighted by Gasteiger charge is 2.15. The monoisotopic (exact) mass is 186 g/mol. The molecule has 0 spiro atoms. The summed E-state index contributed by atoms with van der Waals surface area (Å²) >= 11 is 0. The molecular formula is C12H26O. The summed E-state index contributed by atoms with van der Waals surface area (Å²) in [5.74, 6) is 0.560. The van der Waals surface area contributed by atoms with Crippen molar-refractivity contribution in [2.75, 3.05) is 0 Å². The first kappa shape index (κ1) is 13.0. The molecule has 0 aliphatic rings. The molecule has 13 heavy (non-hydrogen) atoms. The molecule has 0 saturated heterocycles. The highest BCUT2D eigenvalue weighted by Crippen LogP contribution is 2.21. The predicted molar refractivity (Wildman–Crippen MR) is 58.8 cm³/mol. The third kappa shape index (κ3) is 6.09. The van der Waals surface area contributed by atoms with Crippen molar-refractivity contribution in [1.29, 1.82) is 0 Å². The second kappa shape index (κ2) is 8.55. The molecule has 0 aromatic carbocycles. The van der Waals surface area contributed by atoms with Gasteiger partial charge in [0.2, 0.25) is 0 Å². The molecule has 0 aromatic rings. The molecule has 0 aromatic heterocycles. The van der Waals surface area contributed by atoms with Gasteiger partial charge in [-0.05, 0) is 25.2 Å². The van der Waals surface area contributed by atoms with E-state index in [2.05, 4.69) is 20.8 Å². The highest BCUT2D eigenvalue weighted by molar-refractivity contribution is 4.67. The molecule has 0 amide bonds. The van der Waals surface area contributed by atoms with Gasteiger partial charge in [0.15, 0.2) is 0 Å². The van der Waals surface area contributed by atoms with Gasteiger partial charge in [0.25, 0.3) is 0 Å². The molecule has 80 valence electrons. The fourth-order valence-corrected chi connectivity index (χ4v) is 1.80. The quantitative estimate of drug-likeness (QED) is 0.612. The first-order valence-electron chi connectivity index (χ1n) is 5.94. The highest BCUT2D eigenvalue weighted by atomic mass is 16.3. The lowest BCUT2D eigenvalue weighted by Crippen LogP contribution is -2.19. The average molecular weight is 186 g/mol. The number of hydrogen-bond acceptors (Lipinski definition) is 1. The molecule has 1 heteroatoms. The number of hydrogen-bond donors (Lipinski definition) is 1. The van der Waals surface area contributed by atoms with Crippen LogP contribution < -0.4 is 0 Å².